The molecule has 2 heteroatoms. The van der Waals surface area contributed by atoms with Crippen molar-refractivity contribution in [2.24, 2.45) is 5.92 Å². The van der Waals surface area contributed by atoms with Gasteiger partial charge in [-0.3, -0.25) is 4.79 Å². The van der Waals surface area contributed by atoms with Gasteiger partial charge in [0.15, 0.2) is 5.78 Å². The van der Waals surface area contributed by atoms with E-state index in [9.17, 15) is 4.79 Å². The molecular weight excluding hydrogens is 186 g/mol. The Labute approximate surface area is 88.0 Å². The molecular formula is C13H11NO. The number of carbonyl (C=O) groups is 1. The zero-order valence-electron chi connectivity index (χ0n) is 8.29. The lowest BCUT2D eigenvalue weighted by molar-refractivity contribution is 0.104. The fourth-order valence-electron chi connectivity index (χ4n) is 3.25. The van der Waals surface area contributed by atoms with Gasteiger partial charge in [-0.15, -0.1) is 0 Å². The Hall–Kier alpha value is -1.57. The van der Waals surface area contributed by atoms with Crippen LogP contribution in [0.4, 0.5) is 0 Å². The Morgan fingerprint density at radius 2 is 2.20 bits per heavy atom. The summed E-state index contributed by atoms with van der Waals surface area (Å²) < 4.78 is 0. The molecule has 1 aromatic rings. The summed E-state index contributed by atoms with van der Waals surface area (Å²) in [5, 5.41) is 3.36. The Morgan fingerprint density at radius 1 is 1.33 bits per heavy atom. The molecule has 0 amide bonds. The summed E-state index contributed by atoms with van der Waals surface area (Å²) in [6, 6.07) is 8.06. The first-order valence-corrected chi connectivity index (χ1v) is 5.42. The van der Waals surface area contributed by atoms with Crippen LogP contribution >= 0.6 is 0 Å². The van der Waals surface area contributed by atoms with Gasteiger partial charge in [0, 0.05) is 29.3 Å². The van der Waals surface area contributed by atoms with Gasteiger partial charge in [-0.25, -0.2) is 0 Å². The van der Waals surface area contributed by atoms with Gasteiger partial charge in [-0.05, 0) is 17.9 Å². The van der Waals surface area contributed by atoms with Crippen LogP contribution in [0.3, 0.4) is 0 Å². The van der Waals surface area contributed by atoms with E-state index in [0.29, 0.717) is 0 Å². The molecule has 1 aliphatic heterocycles. The topological polar surface area (TPSA) is 29.1 Å². The van der Waals surface area contributed by atoms with Crippen molar-refractivity contribution in [1.29, 1.82) is 0 Å². The molecule has 0 bridgehead atoms. The summed E-state index contributed by atoms with van der Waals surface area (Å²) >= 11 is 0. The van der Waals surface area contributed by atoms with Gasteiger partial charge in [0.2, 0.25) is 0 Å². The number of ketones is 1. The van der Waals surface area contributed by atoms with E-state index < -0.39 is 0 Å². The smallest absolute Gasteiger partial charge is 0.187 e. The number of piperidine rings is 1. The quantitative estimate of drug-likeness (QED) is 0.685. The Morgan fingerprint density at radius 3 is 3.07 bits per heavy atom. The highest BCUT2D eigenvalue weighted by molar-refractivity contribution is 6.08. The molecule has 2 fully saturated rings. The van der Waals surface area contributed by atoms with Gasteiger partial charge < -0.3 is 5.32 Å². The van der Waals surface area contributed by atoms with Gasteiger partial charge in [0.05, 0.1) is 0 Å². The lowest BCUT2D eigenvalue weighted by atomic mass is 9.82. The molecule has 2 nitrogen and oxygen atoms in total. The molecule has 4 rings (SSSR count). The van der Waals surface area contributed by atoms with E-state index in [4.69, 9.17) is 0 Å². The lowest BCUT2D eigenvalue weighted by Gasteiger charge is -2.23. The maximum Gasteiger partial charge on any atom is 0.187 e. The molecule has 1 saturated heterocycles. The van der Waals surface area contributed by atoms with E-state index in [1.165, 1.54) is 12.0 Å². The highest BCUT2D eigenvalue weighted by Gasteiger charge is 2.63. The first kappa shape index (κ1) is 7.69. The fraction of sp³-hybridized carbons (Fsp3) is 0.308. The molecule has 0 aromatic heterocycles. The van der Waals surface area contributed by atoms with Crippen LogP contribution < -0.4 is 5.32 Å². The Bertz CT molecular complexity index is 517. The van der Waals surface area contributed by atoms with Crippen molar-refractivity contribution >= 4 is 5.78 Å². The summed E-state index contributed by atoms with van der Waals surface area (Å²) in [5.74, 6) is 0.879. The number of hydrogen-bond donors (Lipinski definition) is 1. The zero-order valence-corrected chi connectivity index (χ0v) is 8.29. The molecule has 1 saturated carbocycles. The van der Waals surface area contributed by atoms with Gasteiger partial charge >= 0.3 is 0 Å². The van der Waals surface area contributed by atoms with Crippen molar-refractivity contribution in [3.8, 4) is 0 Å². The van der Waals surface area contributed by atoms with Crippen LogP contribution in [-0.4, -0.2) is 12.3 Å². The average molecular weight is 197 g/mol. The van der Waals surface area contributed by atoms with E-state index in [1.807, 2.05) is 18.2 Å². The summed E-state index contributed by atoms with van der Waals surface area (Å²) in [5.41, 5.74) is 3.52. The van der Waals surface area contributed by atoms with Crippen LogP contribution in [0.1, 0.15) is 22.3 Å². The minimum absolute atomic E-state index is 0.159. The largest absolute Gasteiger partial charge is 0.387 e. The average Bonchev–Trinajstić information content (AvgIpc) is 2.89. The van der Waals surface area contributed by atoms with Crippen LogP contribution in [0.5, 0.6) is 0 Å². The number of nitrogens with one attached hydrogen (secondary N) is 1. The second kappa shape index (κ2) is 2.16. The van der Waals surface area contributed by atoms with Gasteiger partial charge in [0.25, 0.3) is 0 Å². The second-order valence-corrected chi connectivity index (χ2v) is 4.72. The molecule has 1 heterocycles. The SMILES string of the molecule is O=C1C=C2NC[C@H]3C[C@@]23c2ccccc21. The molecule has 1 N–H and O–H groups in total. The molecule has 1 aromatic carbocycles. The number of allylic oxidation sites excluding steroid dienone is 2. The Balaban J connectivity index is 2.05. The molecule has 2 aliphatic carbocycles. The van der Waals surface area contributed by atoms with Crippen LogP contribution in [0, 0.1) is 5.92 Å². The van der Waals surface area contributed by atoms with Crippen molar-refractivity contribution in [3.63, 3.8) is 0 Å². The first-order chi connectivity index (χ1) is 7.32. The number of carbonyl (C=O) groups excluding carboxylic acids is 1. The third-order valence-electron chi connectivity index (χ3n) is 4.07. The molecule has 2 atom stereocenters. The summed E-state index contributed by atoms with van der Waals surface area (Å²) in [7, 11) is 0. The van der Waals surface area contributed by atoms with Crippen molar-refractivity contribution in [3.05, 3.63) is 47.2 Å². The monoisotopic (exact) mass is 197 g/mol. The fourth-order valence-corrected chi connectivity index (χ4v) is 3.25. The molecule has 15 heavy (non-hydrogen) atoms. The van der Waals surface area contributed by atoms with Gasteiger partial charge in [0.1, 0.15) is 0 Å². The minimum atomic E-state index is 0.159. The summed E-state index contributed by atoms with van der Waals surface area (Å²) in [6.07, 6.45) is 3.02. The second-order valence-electron chi connectivity index (χ2n) is 4.72. The highest BCUT2D eigenvalue weighted by atomic mass is 16.1. The molecule has 1 spiro atoms. The predicted octanol–water partition coefficient (Wildman–Crippen LogP) is 1.63. The molecule has 74 valence electrons. The van der Waals surface area contributed by atoms with Crippen LogP contribution in [0.15, 0.2) is 36.0 Å². The predicted molar refractivity (Wildman–Crippen MR) is 56.6 cm³/mol. The molecule has 3 aliphatic rings. The lowest BCUT2D eigenvalue weighted by Crippen LogP contribution is -2.24. The molecule has 0 radical (unpaired) electrons. The third-order valence-corrected chi connectivity index (χ3v) is 4.07. The summed E-state index contributed by atoms with van der Waals surface area (Å²) in [4.78, 5) is 11.9. The third kappa shape index (κ3) is 0.717. The van der Waals surface area contributed by atoms with Crippen LogP contribution in [0.2, 0.25) is 0 Å². The zero-order chi connectivity index (χ0) is 10.0. The van der Waals surface area contributed by atoms with Crippen molar-refractivity contribution in [2.45, 2.75) is 11.8 Å². The van der Waals surface area contributed by atoms with Crippen molar-refractivity contribution in [1.82, 2.24) is 5.32 Å². The van der Waals surface area contributed by atoms with E-state index in [-0.39, 0.29) is 11.2 Å². The number of hydrogen-bond acceptors (Lipinski definition) is 2. The van der Waals surface area contributed by atoms with Gasteiger partial charge in [-0.1, -0.05) is 24.3 Å². The molecule has 0 unspecified atom stereocenters. The van der Waals surface area contributed by atoms with Crippen molar-refractivity contribution < 1.29 is 4.79 Å². The van der Waals surface area contributed by atoms with Crippen LogP contribution in [-0.2, 0) is 5.41 Å². The minimum Gasteiger partial charge on any atom is -0.387 e. The number of benzene rings is 1. The van der Waals surface area contributed by atoms with E-state index >= 15 is 0 Å². The maximum absolute atomic E-state index is 11.9. The van der Waals surface area contributed by atoms with Gasteiger partial charge in [-0.2, -0.15) is 0 Å². The normalized spacial score (nSPS) is 34.8. The maximum atomic E-state index is 11.9. The van der Waals surface area contributed by atoms with E-state index in [2.05, 4.69) is 11.4 Å². The van der Waals surface area contributed by atoms with E-state index in [1.54, 1.807) is 6.08 Å². The van der Waals surface area contributed by atoms with E-state index in [0.717, 1.165) is 23.7 Å². The standard InChI is InChI=1S/C13H11NO/c15-11-5-12-13(6-8(13)7-14-12)10-4-2-1-3-9(10)11/h1-5,8,14H,6-7H2/t8-,13-/m1/s1. The first-order valence-electron chi connectivity index (χ1n) is 5.42. The number of fused-ring (bicyclic) bond motifs is 1. The van der Waals surface area contributed by atoms with Crippen LogP contribution in [0.25, 0.3) is 0 Å². The Kier molecular flexibility index (Phi) is 1.11. The highest BCUT2D eigenvalue weighted by Crippen LogP contribution is 2.63. The number of rotatable bonds is 0. The van der Waals surface area contributed by atoms with Crippen molar-refractivity contribution in [2.75, 3.05) is 6.54 Å². The summed E-state index contributed by atoms with van der Waals surface area (Å²) in [6.45, 7) is 1.04.